The van der Waals surface area contributed by atoms with Crippen molar-refractivity contribution < 1.29 is 28.5 Å². The van der Waals surface area contributed by atoms with Gasteiger partial charge in [0.25, 0.3) is 8.32 Å². The summed E-state index contributed by atoms with van der Waals surface area (Å²) >= 11 is 0. The molecule has 0 radical (unpaired) electrons. The van der Waals surface area contributed by atoms with Crippen molar-refractivity contribution in [2.75, 3.05) is 13.2 Å². The van der Waals surface area contributed by atoms with Crippen molar-refractivity contribution in [2.24, 2.45) is 5.11 Å². The molecule has 216 valence electrons. The van der Waals surface area contributed by atoms with Crippen LogP contribution in [0.2, 0.25) is 5.04 Å². The summed E-state index contributed by atoms with van der Waals surface area (Å²) in [5.74, 6) is -0.656. The topological polar surface area (TPSA) is 123 Å². The summed E-state index contributed by atoms with van der Waals surface area (Å²) in [5.41, 5.74) is 9.59. The molecule has 0 saturated carbocycles. The van der Waals surface area contributed by atoms with Gasteiger partial charge < -0.3 is 23.7 Å². The van der Waals surface area contributed by atoms with Crippen molar-refractivity contribution in [3.8, 4) is 0 Å². The van der Waals surface area contributed by atoms with Crippen LogP contribution in [0.1, 0.15) is 38.1 Å². The number of esters is 1. The van der Waals surface area contributed by atoms with Crippen LogP contribution in [0.25, 0.3) is 10.4 Å². The maximum atomic E-state index is 13.0. The highest BCUT2D eigenvalue weighted by Crippen LogP contribution is 2.38. The van der Waals surface area contributed by atoms with Crippen LogP contribution < -0.4 is 10.4 Å². The third-order valence-electron chi connectivity index (χ3n) is 7.29. The van der Waals surface area contributed by atoms with Crippen LogP contribution in [-0.4, -0.2) is 63.3 Å². The smallest absolute Gasteiger partial charge is 0.338 e. The number of ether oxygens (including phenoxy) is 3. The first-order chi connectivity index (χ1) is 19.7. The molecule has 9 nitrogen and oxygen atoms in total. The molecule has 1 heterocycles. The summed E-state index contributed by atoms with van der Waals surface area (Å²) in [4.78, 5) is 15.9. The largest absolute Gasteiger partial charge is 0.455 e. The van der Waals surface area contributed by atoms with Gasteiger partial charge in [-0.15, -0.1) is 0 Å². The molecular weight excluding hydrogens is 538 g/mol. The molecule has 41 heavy (non-hydrogen) atoms. The highest BCUT2D eigenvalue weighted by Gasteiger charge is 2.53. The van der Waals surface area contributed by atoms with Crippen molar-refractivity contribution in [3.63, 3.8) is 0 Å². The van der Waals surface area contributed by atoms with Crippen LogP contribution in [0.15, 0.2) is 96.1 Å². The molecule has 4 rings (SSSR count). The molecule has 1 aliphatic rings. The van der Waals surface area contributed by atoms with Crippen molar-refractivity contribution >= 4 is 24.7 Å². The van der Waals surface area contributed by atoms with Crippen molar-refractivity contribution in [1.82, 2.24) is 0 Å². The lowest BCUT2D eigenvalue weighted by atomic mass is 9.97. The summed E-state index contributed by atoms with van der Waals surface area (Å²) in [7, 11) is -2.96. The summed E-state index contributed by atoms with van der Waals surface area (Å²) in [6.45, 7) is 8.48. The first-order valence-corrected chi connectivity index (χ1v) is 15.6. The first-order valence-electron chi connectivity index (χ1n) is 13.7. The Balaban J connectivity index is 1.70. The summed E-state index contributed by atoms with van der Waals surface area (Å²) in [6, 6.07) is 27.6. The zero-order valence-electron chi connectivity index (χ0n) is 23.8. The second kappa shape index (κ2) is 13.4. The predicted octanol–water partition coefficient (Wildman–Crippen LogP) is 4.59. The summed E-state index contributed by atoms with van der Waals surface area (Å²) in [6.07, 6.45) is -4.57. The minimum Gasteiger partial charge on any atom is -0.455 e. The molecule has 0 aromatic heterocycles. The van der Waals surface area contributed by atoms with Crippen LogP contribution in [0.3, 0.4) is 0 Å². The van der Waals surface area contributed by atoms with E-state index in [0.717, 1.165) is 10.4 Å². The Morgan fingerprint density at radius 1 is 0.976 bits per heavy atom. The fraction of sp³-hybridized carbons (Fsp3) is 0.387. The third kappa shape index (κ3) is 6.54. The summed E-state index contributed by atoms with van der Waals surface area (Å²) in [5, 5.41) is 17.2. The van der Waals surface area contributed by atoms with Gasteiger partial charge in [0.05, 0.1) is 12.2 Å². The number of aliphatic hydroxyl groups is 1. The zero-order valence-corrected chi connectivity index (χ0v) is 24.8. The van der Waals surface area contributed by atoms with Crippen molar-refractivity contribution in [1.29, 1.82) is 0 Å². The zero-order chi connectivity index (χ0) is 29.5. The van der Waals surface area contributed by atoms with Crippen molar-refractivity contribution in [2.45, 2.75) is 63.4 Å². The minimum absolute atomic E-state index is 0.0135. The normalized spacial score (nSPS) is 22.9. The van der Waals surface area contributed by atoms with E-state index in [1.54, 1.807) is 37.3 Å². The van der Waals surface area contributed by atoms with Gasteiger partial charge in [0.15, 0.2) is 6.29 Å². The number of azide groups is 1. The third-order valence-corrected chi connectivity index (χ3v) is 12.3. The Morgan fingerprint density at radius 3 is 2.00 bits per heavy atom. The lowest BCUT2D eigenvalue weighted by molar-refractivity contribution is -0.262. The van der Waals surface area contributed by atoms with Crippen LogP contribution >= 0.6 is 0 Å². The van der Waals surface area contributed by atoms with Crippen LogP contribution in [0.4, 0.5) is 0 Å². The van der Waals surface area contributed by atoms with E-state index in [1.165, 1.54) is 0 Å². The molecule has 1 aliphatic heterocycles. The molecule has 5 atom stereocenters. The summed E-state index contributed by atoms with van der Waals surface area (Å²) < 4.78 is 24.7. The lowest BCUT2D eigenvalue weighted by Gasteiger charge is -2.46. The second-order valence-electron chi connectivity index (χ2n) is 10.9. The monoisotopic (exact) mass is 575 g/mol. The van der Waals surface area contributed by atoms with Crippen LogP contribution in [-0.2, 0) is 18.6 Å². The average molecular weight is 576 g/mol. The number of nitrogens with zero attached hydrogens (tertiary/aromatic N) is 3. The Hall–Kier alpha value is -3.50. The number of carbonyl (C=O) groups is 1. The molecule has 1 N–H and O–H groups in total. The molecule has 1 fully saturated rings. The first kappa shape index (κ1) is 30.5. The van der Waals surface area contributed by atoms with Crippen LogP contribution in [0, 0.1) is 0 Å². The quantitative estimate of drug-likeness (QED) is 0.124. The molecule has 10 heteroatoms. The van der Waals surface area contributed by atoms with Gasteiger partial charge in [-0.1, -0.05) is 105 Å². The van der Waals surface area contributed by atoms with E-state index in [-0.39, 0.29) is 18.3 Å². The van der Waals surface area contributed by atoms with E-state index in [4.69, 9.17) is 18.6 Å². The maximum absolute atomic E-state index is 13.0. The number of rotatable bonds is 10. The van der Waals surface area contributed by atoms with E-state index in [1.807, 2.05) is 36.4 Å². The van der Waals surface area contributed by atoms with Gasteiger partial charge in [0, 0.05) is 11.5 Å². The van der Waals surface area contributed by atoms with Crippen LogP contribution in [0.5, 0.6) is 0 Å². The maximum Gasteiger partial charge on any atom is 0.338 e. The number of hydrogen-bond acceptors (Lipinski definition) is 7. The fourth-order valence-electron chi connectivity index (χ4n) is 5.40. The minimum atomic E-state index is -2.96. The Kier molecular flexibility index (Phi) is 9.98. The SMILES string of the molecule is CCOC1OC(CO[Si](c2ccccc2)(c2ccccc2)C(C)(C)C)[C@@H](O)[C@H](OC(=O)c2ccccc2)C1N=[N+]=[N-]. The molecule has 0 aliphatic carbocycles. The lowest BCUT2D eigenvalue weighted by Crippen LogP contribution is -2.68. The average Bonchev–Trinajstić information content (AvgIpc) is 2.98. The molecular formula is C31H37N3O6Si. The standard InChI is InChI=1S/C31H37N3O6Si/c1-5-37-30-26(33-34-32)28(40-29(36)22-15-9-6-10-16-22)27(35)25(39-30)21-38-41(31(2,3)4,23-17-11-7-12-18-23)24-19-13-8-14-20-24/h6-20,25-28,30,35H,5,21H2,1-4H3/t25?,26?,27-,28-,30?/m1/s1. The van der Waals surface area contributed by atoms with Crippen molar-refractivity contribution in [3.05, 3.63) is 107 Å². The van der Waals surface area contributed by atoms with Gasteiger partial charge in [-0.05, 0) is 40.0 Å². The van der Waals surface area contributed by atoms with Gasteiger partial charge in [0.2, 0.25) is 0 Å². The Bertz CT molecular complexity index is 1280. The predicted molar refractivity (Wildman–Crippen MR) is 158 cm³/mol. The van der Waals surface area contributed by atoms with E-state index in [2.05, 4.69) is 55.1 Å². The Labute approximate surface area is 241 Å². The van der Waals surface area contributed by atoms with Gasteiger partial charge in [-0.3, -0.25) is 0 Å². The number of benzene rings is 3. The molecule has 1 saturated heterocycles. The van der Waals surface area contributed by atoms with E-state index >= 15 is 0 Å². The fourth-order valence-corrected chi connectivity index (χ4v) is 9.97. The number of aliphatic hydroxyl groups excluding tert-OH is 1. The highest BCUT2D eigenvalue weighted by molar-refractivity contribution is 6.99. The molecule has 0 amide bonds. The molecule has 0 spiro atoms. The van der Waals surface area contributed by atoms with Gasteiger partial charge >= 0.3 is 5.97 Å². The number of hydrogen-bond donors (Lipinski definition) is 1. The van der Waals surface area contributed by atoms with E-state index < -0.39 is 44.9 Å². The second-order valence-corrected chi connectivity index (χ2v) is 15.2. The van der Waals surface area contributed by atoms with E-state index in [9.17, 15) is 15.4 Å². The molecule has 0 bridgehead atoms. The highest BCUT2D eigenvalue weighted by atomic mass is 28.4. The number of carbonyl (C=O) groups excluding carboxylic acids is 1. The van der Waals surface area contributed by atoms with E-state index in [0.29, 0.717) is 5.56 Å². The van der Waals surface area contributed by atoms with Gasteiger partial charge in [0.1, 0.15) is 24.4 Å². The van der Waals surface area contributed by atoms with Gasteiger partial charge in [-0.2, -0.15) is 0 Å². The molecule has 3 aromatic rings. The Morgan fingerprint density at radius 2 is 1.51 bits per heavy atom. The molecule has 3 unspecified atom stereocenters. The molecule has 3 aromatic carbocycles. The van der Waals surface area contributed by atoms with Gasteiger partial charge in [-0.25, -0.2) is 4.79 Å².